The van der Waals surface area contributed by atoms with E-state index in [0.29, 0.717) is 16.1 Å². The van der Waals surface area contributed by atoms with Gasteiger partial charge in [-0.25, -0.2) is 23.1 Å². The first kappa shape index (κ1) is 20.7. The highest BCUT2D eigenvalue weighted by Gasteiger charge is 2.44. The lowest BCUT2D eigenvalue weighted by molar-refractivity contribution is -0.146. The highest BCUT2D eigenvalue weighted by molar-refractivity contribution is 6.42. The molecule has 5 nitrogen and oxygen atoms in total. The smallest absolute Gasteiger partial charge is 0.308 e. The molecule has 1 aliphatic heterocycles. The molecule has 1 fully saturated rings. The van der Waals surface area contributed by atoms with E-state index in [1.54, 1.807) is 18.2 Å². The first-order valence-electron chi connectivity index (χ1n) is 8.90. The Bertz CT molecular complexity index is 1160. The third-order valence-electron chi connectivity index (χ3n) is 5.01. The van der Waals surface area contributed by atoms with E-state index in [9.17, 15) is 23.1 Å². The van der Waals surface area contributed by atoms with Crippen molar-refractivity contribution in [3.05, 3.63) is 52.5 Å². The van der Waals surface area contributed by atoms with Crippen LogP contribution in [-0.2, 0) is 4.79 Å². The molecule has 1 N–H and O–H groups in total. The number of hydrogen-bond donors (Lipinski definition) is 1. The summed E-state index contributed by atoms with van der Waals surface area (Å²) in [6, 6.07) is 7.47. The van der Waals surface area contributed by atoms with Gasteiger partial charge in [0.25, 0.3) is 5.92 Å². The molecular weight excluding hydrogens is 442 g/mol. The molecule has 0 spiro atoms. The molecule has 156 valence electrons. The van der Waals surface area contributed by atoms with Crippen LogP contribution in [0.3, 0.4) is 0 Å². The summed E-state index contributed by atoms with van der Waals surface area (Å²) in [6.07, 6.45) is 0.303. The Hall–Kier alpha value is -2.58. The molecule has 0 aliphatic carbocycles. The lowest BCUT2D eigenvalue weighted by atomic mass is 9.94. The molecule has 1 aliphatic rings. The number of anilines is 1. The number of carbonyl (C=O) groups is 1. The summed E-state index contributed by atoms with van der Waals surface area (Å²) in [7, 11) is 0. The average molecular weight is 456 g/mol. The van der Waals surface area contributed by atoms with Gasteiger partial charge in [-0.2, -0.15) is 0 Å². The van der Waals surface area contributed by atoms with Crippen LogP contribution in [0.25, 0.3) is 22.0 Å². The maximum Gasteiger partial charge on any atom is 0.308 e. The van der Waals surface area contributed by atoms with Crippen molar-refractivity contribution in [2.45, 2.75) is 12.3 Å². The van der Waals surface area contributed by atoms with Crippen LogP contribution in [0.2, 0.25) is 10.0 Å². The van der Waals surface area contributed by atoms with Gasteiger partial charge in [0.2, 0.25) is 0 Å². The maximum absolute atomic E-state index is 14.5. The normalized spacial score (nSPS) is 18.6. The Labute approximate surface area is 179 Å². The van der Waals surface area contributed by atoms with E-state index in [1.807, 2.05) is 0 Å². The molecule has 1 unspecified atom stereocenters. The number of fused-ring (bicyclic) bond motifs is 1. The van der Waals surface area contributed by atoms with Gasteiger partial charge in [0, 0.05) is 13.0 Å². The summed E-state index contributed by atoms with van der Waals surface area (Å²) in [5.41, 5.74) is 0.953. The summed E-state index contributed by atoms with van der Waals surface area (Å²) in [6.45, 7) is -0.922. The van der Waals surface area contributed by atoms with Crippen LogP contribution in [0.5, 0.6) is 0 Å². The third kappa shape index (κ3) is 3.77. The van der Waals surface area contributed by atoms with Crippen LogP contribution >= 0.6 is 23.2 Å². The number of hydrogen-bond acceptors (Lipinski definition) is 4. The van der Waals surface area contributed by atoms with Crippen molar-refractivity contribution in [1.29, 1.82) is 0 Å². The van der Waals surface area contributed by atoms with Crippen molar-refractivity contribution >= 4 is 45.9 Å². The minimum absolute atomic E-state index is 0.0335. The summed E-state index contributed by atoms with van der Waals surface area (Å²) >= 11 is 12.1. The summed E-state index contributed by atoms with van der Waals surface area (Å²) in [5.74, 6) is -6.48. The standard InChI is InChI=1S/C20H14Cl2F3N3O2/c21-13-3-1-10(5-14(13)22)12-2-4-15(23)17-16(12)18(27-9-26-17)28-7-11(19(29)30)6-20(24,25)8-28/h1-5,9,11H,6-8H2,(H,29,30). The van der Waals surface area contributed by atoms with Crippen molar-refractivity contribution in [3.63, 3.8) is 0 Å². The van der Waals surface area contributed by atoms with E-state index in [0.717, 1.165) is 6.33 Å². The fourth-order valence-corrected chi connectivity index (χ4v) is 3.99. The molecule has 0 bridgehead atoms. The fraction of sp³-hybridized carbons (Fsp3) is 0.250. The average Bonchev–Trinajstić information content (AvgIpc) is 2.69. The number of benzene rings is 2. The Morgan fingerprint density at radius 2 is 1.93 bits per heavy atom. The summed E-state index contributed by atoms with van der Waals surface area (Å²) in [5, 5.41) is 10.1. The molecule has 1 atom stereocenters. The molecule has 1 saturated heterocycles. The highest BCUT2D eigenvalue weighted by atomic mass is 35.5. The van der Waals surface area contributed by atoms with Gasteiger partial charge in [0.15, 0.2) is 0 Å². The van der Waals surface area contributed by atoms with Gasteiger partial charge in [-0.05, 0) is 29.3 Å². The molecule has 4 rings (SSSR count). The number of carboxylic acid groups (broad SMARTS) is 1. The lowest BCUT2D eigenvalue weighted by Gasteiger charge is -2.37. The number of aliphatic carboxylic acids is 1. The van der Waals surface area contributed by atoms with E-state index in [4.69, 9.17) is 23.2 Å². The second-order valence-corrected chi connectivity index (χ2v) is 7.93. The van der Waals surface area contributed by atoms with Crippen molar-refractivity contribution in [2.24, 2.45) is 5.92 Å². The van der Waals surface area contributed by atoms with Gasteiger partial charge in [0.1, 0.15) is 23.5 Å². The van der Waals surface area contributed by atoms with Gasteiger partial charge in [0.05, 0.1) is 27.9 Å². The van der Waals surface area contributed by atoms with Crippen molar-refractivity contribution in [3.8, 4) is 11.1 Å². The van der Waals surface area contributed by atoms with Crippen LogP contribution in [0.1, 0.15) is 6.42 Å². The first-order chi connectivity index (χ1) is 14.2. The number of alkyl halides is 2. The molecule has 0 radical (unpaired) electrons. The van der Waals surface area contributed by atoms with Gasteiger partial charge >= 0.3 is 5.97 Å². The third-order valence-corrected chi connectivity index (χ3v) is 5.75. The second kappa shape index (κ2) is 7.59. The predicted molar refractivity (Wildman–Crippen MR) is 108 cm³/mol. The topological polar surface area (TPSA) is 66.3 Å². The van der Waals surface area contributed by atoms with Crippen LogP contribution in [0, 0.1) is 11.7 Å². The minimum Gasteiger partial charge on any atom is -0.481 e. The number of piperidine rings is 1. The number of nitrogens with zero attached hydrogens (tertiary/aromatic N) is 3. The van der Waals surface area contributed by atoms with E-state index in [1.165, 1.54) is 17.0 Å². The van der Waals surface area contributed by atoms with Gasteiger partial charge in [-0.15, -0.1) is 0 Å². The van der Waals surface area contributed by atoms with Crippen molar-refractivity contribution in [2.75, 3.05) is 18.0 Å². The number of halogens is 5. The van der Waals surface area contributed by atoms with Crippen LogP contribution < -0.4 is 4.90 Å². The van der Waals surface area contributed by atoms with E-state index in [-0.39, 0.29) is 28.3 Å². The van der Waals surface area contributed by atoms with E-state index in [2.05, 4.69) is 9.97 Å². The number of carboxylic acids is 1. The summed E-state index contributed by atoms with van der Waals surface area (Å²) < 4.78 is 43.1. The van der Waals surface area contributed by atoms with Gasteiger partial charge in [-0.1, -0.05) is 35.3 Å². The zero-order valence-corrected chi connectivity index (χ0v) is 16.8. The van der Waals surface area contributed by atoms with Crippen LogP contribution in [-0.4, -0.2) is 40.1 Å². The Morgan fingerprint density at radius 3 is 2.63 bits per heavy atom. The van der Waals surface area contributed by atoms with Crippen LogP contribution in [0.15, 0.2) is 36.7 Å². The number of aromatic nitrogens is 2. The van der Waals surface area contributed by atoms with E-state index >= 15 is 0 Å². The molecule has 2 heterocycles. The molecule has 30 heavy (non-hydrogen) atoms. The Morgan fingerprint density at radius 1 is 1.17 bits per heavy atom. The fourth-order valence-electron chi connectivity index (χ4n) is 3.69. The Balaban J connectivity index is 1.93. The van der Waals surface area contributed by atoms with Gasteiger partial charge in [-0.3, -0.25) is 4.79 Å². The molecule has 2 aromatic carbocycles. The maximum atomic E-state index is 14.5. The predicted octanol–water partition coefficient (Wildman–Crippen LogP) is 5.29. The summed E-state index contributed by atoms with van der Waals surface area (Å²) in [4.78, 5) is 20.7. The SMILES string of the molecule is O=C(O)C1CN(c2ncnc3c(F)ccc(-c4ccc(Cl)c(Cl)c4)c23)CC(F)(F)C1. The van der Waals surface area contributed by atoms with E-state index < -0.39 is 36.6 Å². The highest BCUT2D eigenvalue weighted by Crippen LogP contribution is 2.40. The molecule has 0 saturated carbocycles. The lowest BCUT2D eigenvalue weighted by Crippen LogP contribution is -2.49. The molecule has 1 aromatic heterocycles. The Kier molecular flexibility index (Phi) is 5.23. The zero-order chi connectivity index (χ0) is 21.6. The van der Waals surface area contributed by atoms with Crippen molar-refractivity contribution < 1.29 is 23.1 Å². The molecule has 3 aromatic rings. The van der Waals surface area contributed by atoms with Gasteiger partial charge < -0.3 is 10.0 Å². The first-order valence-corrected chi connectivity index (χ1v) is 9.66. The quantitative estimate of drug-likeness (QED) is 0.581. The molecule has 0 amide bonds. The second-order valence-electron chi connectivity index (χ2n) is 7.12. The molecular formula is C20H14Cl2F3N3O2. The monoisotopic (exact) mass is 455 g/mol. The van der Waals surface area contributed by atoms with Crippen LogP contribution in [0.4, 0.5) is 19.0 Å². The number of rotatable bonds is 3. The largest absolute Gasteiger partial charge is 0.481 e. The van der Waals surface area contributed by atoms with Crippen molar-refractivity contribution in [1.82, 2.24) is 9.97 Å². The zero-order valence-electron chi connectivity index (χ0n) is 15.2. The molecule has 10 heteroatoms. The minimum atomic E-state index is -3.24.